The summed E-state index contributed by atoms with van der Waals surface area (Å²) in [6.45, 7) is 7.44. The van der Waals surface area contributed by atoms with Crippen molar-refractivity contribution in [1.82, 2.24) is 10.2 Å². The minimum atomic E-state index is -1.80. The predicted octanol–water partition coefficient (Wildman–Crippen LogP) is 1.04. The van der Waals surface area contributed by atoms with E-state index in [1.807, 2.05) is 43.1 Å². The summed E-state index contributed by atoms with van der Waals surface area (Å²) in [5.74, 6) is -1.38. The Bertz CT molecular complexity index is 686. The predicted molar refractivity (Wildman–Crippen MR) is 108 cm³/mol. The van der Waals surface area contributed by atoms with Gasteiger partial charge in [-0.2, -0.15) is 5.10 Å². The molecule has 3 N–H and O–H groups in total. The van der Waals surface area contributed by atoms with Crippen molar-refractivity contribution < 1.29 is 19.8 Å². The lowest BCUT2D eigenvalue weighted by atomic mass is 10.1. The minimum Gasteiger partial charge on any atom is -0.380 e. The molecule has 1 fully saturated rings. The molecule has 8 nitrogen and oxygen atoms in total. The Kier molecular flexibility index (Phi) is 7.95. The van der Waals surface area contributed by atoms with Gasteiger partial charge in [-0.25, -0.2) is 0 Å². The Hall–Kier alpha value is -2.45. The Balaban J connectivity index is 1.96. The third-order valence-electron chi connectivity index (χ3n) is 4.84. The Morgan fingerprint density at radius 1 is 1.21 bits per heavy atom. The van der Waals surface area contributed by atoms with Crippen LogP contribution in [0.15, 0.2) is 29.4 Å². The molecule has 3 unspecified atom stereocenters. The van der Waals surface area contributed by atoms with Gasteiger partial charge in [0.1, 0.15) is 0 Å². The zero-order valence-electron chi connectivity index (χ0n) is 16.7. The molecule has 0 radical (unpaired) electrons. The summed E-state index contributed by atoms with van der Waals surface area (Å²) in [6, 6.07) is 7.14. The SMILES string of the molecule is C/C=N\N(CC)c1ccc(C(C)NC(=O)C(O)C(O)C(=O)N2CCCC2)cc1. The van der Waals surface area contributed by atoms with Crippen molar-refractivity contribution in [1.29, 1.82) is 0 Å². The molecule has 1 heterocycles. The number of rotatable bonds is 8. The van der Waals surface area contributed by atoms with Crippen LogP contribution in [0.4, 0.5) is 5.69 Å². The molecule has 1 saturated heterocycles. The average molecular weight is 390 g/mol. The molecule has 1 aromatic rings. The second-order valence-corrected chi connectivity index (χ2v) is 6.83. The quantitative estimate of drug-likeness (QED) is 0.454. The van der Waals surface area contributed by atoms with Crippen molar-refractivity contribution >= 4 is 23.7 Å². The van der Waals surface area contributed by atoms with Crippen molar-refractivity contribution in [3.8, 4) is 0 Å². The van der Waals surface area contributed by atoms with Crippen molar-refractivity contribution in [3.63, 3.8) is 0 Å². The summed E-state index contributed by atoms with van der Waals surface area (Å²) in [4.78, 5) is 25.9. The van der Waals surface area contributed by atoms with Crippen LogP contribution < -0.4 is 10.3 Å². The van der Waals surface area contributed by atoms with Crippen molar-refractivity contribution in [2.45, 2.75) is 51.9 Å². The summed E-state index contributed by atoms with van der Waals surface area (Å²) in [6.07, 6.45) is -0.0993. The first kappa shape index (κ1) is 21.8. The van der Waals surface area contributed by atoms with E-state index >= 15 is 0 Å². The second-order valence-electron chi connectivity index (χ2n) is 6.83. The van der Waals surface area contributed by atoms with Gasteiger partial charge in [-0.15, -0.1) is 0 Å². The van der Waals surface area contributed by atoms with Gasteiger partial charge in [0.05, 0.1) is 11.7 Å². The maximum atomic E-state index is 12.3. The molecule has 1 aliphatic rings. The lowest BCUT2D eigenvalue weighted by Crippen LogP contribution is -2.50. The fraction of sp³-hybridized carbons (Fsp3) is 0.550. The zero-order valence-corrected chi connectivity index (χ0v) is 16.7. The van der Waals surface area contributed by atoms with Gasteiger partial charge in [-0.1, -0.05) is 12.1 Å². The van der Waals surface area contributed by atoms with E-state index in [4.69, 9.17) is 0 Å². The third kappa shape index (κ3) is 5.30. The van der Waals surface area contributed by atoms with E-state index < -0.39 is 30.1 Å². The van der Waals surface area contributed by atoms with Crippen LogP contribution in [0.2, 0.25) is 0 Å². The molecule has 0 spiro atoms. The van der Waals surface area contributed by atoms with E-state index in [2.05, 4.69) is 10.4 Å². The highest BCUT2D eigenvalue weighted by Gasteiger charge is 2.34. The first-order valence-electron chi connectivity index (χ1n) is 9.70. The maximum absolute atomic E-state index is 12.3. The number of nitrogens with zero attached hydrogens (tertiary/aromatic N) is 3. The molecular formula is C20H30N4O4. The fourth-order valence-electron chi connectivity index (χ4n) is 3.19. The molecule has 2 amide bonds. The first-order valence-corrected chi connectivity index (χ1v) is 9.70. The number of benzene rings is 1. The van der Waals surface area contributed by atoms with Gasteiger partial charge in [0.15, 0.2) is 12.2 Å². The molecule has 1 aromatic carbocycles. The normalized spacial score (nSPS) is 17.4. The number of anilines is 1. The summed E-state index contributed by atoms with van der Waals surface area (Å²) in [5, 5.41) is 28.9. The standard InChI is InChI=1S/C20H30N4O4/c1-4-21-24(5-2)16-10-8-15(9-11-16)14(3)22-19(27)17(25)18(26)20(28)23-12-6-7-13-23/h4,8-11,14,17-18,25-26H,5-7,12-13H2,1-3H3,(H,22,27)/b21-4-. The monoisotopic (exact) mass is 390 g/mol. The Morgan fingerprint density at radius 3 is 2.36 bits per heavy atom. The highest BCUT2D eigenvalue weighted by atomic mass is 16.3. The van der Waals surface area contributed by atoms with Gasteiger partial charge in [0.2, 0.25) is 0 Å². The lowest BCUT2D eigenvalue weighted by Gasteiger charge is -2.24. The van der Waals surface area contributed by atoms with E-state index in [1.54, 1.807) is 13.1 Å². The summed E-state index contributed by atoms with van der Waals surface area (Å²) >= 11 is 0. The number of likely N-dealkylation sites (tertiary alicyclic amines) is 1. The minimum absolute atomic E-state index is 0.393. The van der Waals surface area contributed by atoms with Crippen molar-refractivity contribution in [3.05, 3.63) is 29.8 Å². The van der Waals surface area contributed by atoms with Crippen LogP contribution in [0.3, 0.4) is 0 Å². The van der Waals surface area contributed by atoms with Crippen LogP contribution in [0.1, 0.15) is 45.2 Å². The van der Waals surface area contributed by atoms with Gasteiger partial charge in [0, 0.05) is 25.8 Å². The van der Waals surface area contributed by atoms with Gasteiger partial charge < -0.3 is 20.4 Å². The highest BCUT2D eigenvalue weighted by molar-refractivity contribution is 5.91. The number of hydrazone groups is 1. The van der Waals surface area contributed by atoms with Crippen LogP contribution in [0.25, 0.3) is 0 Å². The number of hydrogen-bond donors (Lipinski definition) is 3. The third-order valence-corrected chi connectivity index (χ3v) is 4.84. The number of hydrogen-bond acceptors (Lipinski definition) is 6. The molecule has 0 saturated carbocycles. The molecule has 3 atom stereocenters. The van der Waals surface area contributed by atoms with Gasteiger partial charge in [-0.05, 0) is 51.3 Å². The van der Waals surface area contributed by atoms with Gasteiger partial charge in [0.25, 0.3) is 11.8 Å². The average Bonchev–Trinajstić information content (AvgIpc) is 3.25. The molecule has 0 bridgehead atoms. The van der Waals surface area contributed by atoms with Gasteiger partial charge in [-0.3, -0.25) is 14.6 Å². The Morgan fingerprint density at radius 2 is 1.82 bits per heavy atom. The van der Waals surface area contributed by atoms with Crippen LogP contribution in [-0.2, 0) is 9.59 Å². The number of carbonyl (C=O) groups is 2. The number of carbonyl (C=O) groups excluding carboxylic acids is 2. The number of aliphatic hydroxyl groups is 2. The maximum Gasteiger partial charge on any atom is 0.254 e. The van der Waals surface area contributed by atoms with E-state index in [-0.39, 0.29) is 0 Å². The topological polar surface area (TPSA) is 105 Å². The summed E-state index contributed by atoms with van der Waals surface area (Å²) < 4.78 is 0. The second kappa shape index (κ2) is 10.2. The van der Waals surface area contributed by atoms with Crippen LogP contribution in [0.5, 0.6) is 0 Å². The van der Waals surface area contributed by atoms with E-state index in [0.29, 0.717) is 13.1 Å². The Labute approximate surface area is 165 Å². The molecule has 0 aromatic heterocycles. The molecular weight excluding hydrogens is 360 g/mol. The summed E-state index contributed by atoms with van der Waals surface area (Å²) in [5.41, 5.74) is 1.76. The lowest BCUT2D eigenvalue weighted by molar-refractivity contribution is -0.152. The van der Waals surface area contributed by atoms with Crippen molar-refractivity contribution in [2.24, 2.45) is 5.10 Å². The summed E-state index contributed by atoms with van der Waals surface area (Å²) in [7, 11) is 0. The van der Waals surface area contributed by atoms with Crippen LogP contribution >= 0.6 is 0 Å². The molecule has 28 heavy (non-hydrogen) atoms. The van der Waals surface area contributed by atoms with E-state index in [1.165, 1.54) is 4.90 Å². The zero-order chi connectivity index (χ0) is 20.7. The molecule has 0 aliphatic carbocycles. The first-order chi connectivity index (χ1) is 13.4. The fourth-order valence-corrected chi connectivity index (χ4v) is 3.19. The molecule has 2 rings (SSSR count). The number of aliphatic hydroxyl groups excluding tert-OH is 2. The van der Waals surface area contributed by atoms with E-state index in [9.17, 15) is 19.8 Å². The smallest absolute Gasteiger partial charge is 0.254 e. The van der Waals surface area contributed by atoms with Crippen LogP contribution in [-0.4, -0.2) is 65.0 Å². The van der Waals surface area contributed by atoms with Crippen molar-refractivity contribution in [2.75, 3.05) is 24.6 Å². The highest BCUT2D eigenvalue weighted by Crippen LogP contribution is 2.20. The molecule has 1 aliphatic heterocycles. The van der Waals surface area contributed by atoms with E-state index in [0.717, 1.165) is 30.6 Å². The number of nitrogens with one attached hydrogen (secondary N) is 1. The number of amides is 2. The molecule has 8 heteroatoms. The molecule has 154 valence electrons. The van der Waals surface area contributed by atoms with Gasteiger partial charge >= 0.3 is 0 Å². The largest absolute Gasteiger partial charge is 0.380 e. The van der Waals surface area contributed by atoms with Crippen LogP contribution in [0, 0.1) is 0 Å².